The second-order valence-electron chi connectivity index (χ2n) is 5.72. The van der Waals surface area contributed by atoms with Crippen molar-refractivity contribution in [2.45, 2.75) is 31.9 Å². The molecular formula is C13H27N3O2+2. The van der Waals surface area contributed by atoms with Gasteiger partial charge < -0.3 is 19.9 Å². The summed E-state index contributed by atoms with van der Waals surface area (Å²) in [7, 11) is 2.22. The van der Waals surface area contributed by atoms with Crippen LogP contribution >= 0.6 is 0 Å². The highest BCUT2D eigenvalue weighted by atomic mass is 16.5. The second-order valence-corrected chi connectivity index (χ2v) is 5.72. The van der Waals surface area contributed by atoms with E-state index in [1.54, 1.807) is 4.90 Å². The van der Waals surface area contributed by atoms with Gasteiger partial charge in [-0.2, -0.15) is 0 Å². The van der Waals surface area contributed by atoms with Gasteiger partial charge in [0.05, 0.1) is 13.2 Å². The van der Waals surface area contributed by atoms with E-state index in [1.165, 1.54) is 18.0 Å². The highest BCUT2D eigenvalue weighted by molar-refractivity contribution is 5.79. The molecule has 2 aliphatic rings. The number of hydrogen-bond acceptors (Lipinski definition) is 2. The molecule has 2 aliphatic heterocycles. The standard InChI is InChI=1S/C13H25N3O2/c1-11(16-7-5-15(2)6-8-16)13(17)14-10-12-4-3-9-18-12/h11-12H,3-10H2,1-2H3,(H,14,17)/p+2/t11-,12+/m0/s1. The Labute approximate surface area is 109 Å². The van der Waals surface area contributed by atoms with Crippen molar-refractivity contribution in [1.82, 2.24) is 5.32 Å². The summed E-state index contributed by atoms with van der Waals surface area (Å²) in [4.78, 5) is 15.1. The fourth-order valence-corrected chi connectivity index (χ4v) is 2.79. The van der Waals surface area contributed by atoms with Gasteiger partial charge in [-0.25, -0.2) is 0 Å². The lowest BCUT2D eigenvalue weighted by Gasteiger charge is -2.31. The van der Waals surface area contributed by atoms with E-state index in [9.17, 15) is 4.79 Å². The Bertz CT molecular complexity index is 271. The lowest BCUT2D eigenvalue weighted by atomic mass is 10.2. The van der Waals surface area contributed by atoms with Crippen LogP contribution in [0.1, 0.15) is 19.8 Å². The first-order chi connectivity index (χ1) is 8.66. The predicted octanol–water partition coefficient (Wildman–Crippen LogP) is -2.92. The van der Waals surface area contributed by atoms with Crippen LogP contribution < -0.4 is 15.1 Å². The van der Waals surface area contributed by atoms with Crippen LogP contribution in [0.5, 0.6) is 0 Å². The van der Waals surface area contributed by atoms with Gasteiger partial charge in [-0.1, -0.05) is 0 Å². The molecular weight excluding hydrogens is 230 g/mol. The van der Waals surface area contributed by atoms with Crippen molar-refractivity contribution in [2.75, 3.05) is 46.4 Å². The van der Waals surface area contributed by atoms with Gasteiger partial charge in [0.1, 0.15) is 26.2 Å². The molecule has 0 aromatic rings. The average Bonchev–Trinajstić information content (AvgIpc) is 2.89. The van der Waals surface area contributed by atoms with E-state index < -0.39 is 0 Å². The monoisotopic (exact) mass is 257 g/mol. The smallest absolute Gasteiger partial charge is 0.278 e. The van der Waals surface area contributed by atoms with Gasteiger partial charge in [-0.15, -0.1) is 0 Å². The molecule has 0 aliphatic carbocycles. The zero-order chi connectivity index (χ0) is 13.0. The number of amides is 1. The van der Waals surface area contributed by atoms with Gasteiger partial charge in [-0.3, -0.25) is 4.79 Å². The third-order valence-corrected chi connectivity index (χ3v) is 4.28. The van der Waals surface area contributed by atoms with Crippen molar-refractivity contribution >= 4 is 5.91 Å². The molecule has 0 aromatic heterocycles. The molecule has 1 amide bonds. The number of quaternary nitrogens is 2. The minimum absolute atomic E-state index is 0.0690. The van der Waals surface area contributed by atoms with Crippen molar-refractivity contribution in [3.05, 3.63) is 0 Å². The van der Waals surface area contributed by atoms with E-state index in [-0.39, 0.29) is 18.1 Å². The van der Waals surface area contributed by atoms with Crippen molar-refractivity contribution in [1.29, 1.82) is 0 Å². The van der Waals surface area contributed by atoms with E-state index >= 15 is 0 Å². The largest absolute Gasteiger partial charge is 0.376 e. The number of rotatable bonds is 4. The van der Waals surface area contributed by atoms with E-state index in [4.69, 9.17) is 4.74 Å². The van der Waals surface area contributed by atoms with Crippen LogP contribution in [0.25, 0.3) is 0 Å². The Morgan fingerprint density at radius 3 is 2.72 bits per heavy atom. The summed E-state index contributed by atoms with van der Waals surface area (Å²) in [6.07, 6.45) is 2.45. The zero-order valence-corrected chi connectivity index (χ0v) is 11.6. The zero-order valence-electron chi connectivity index (χ0n) is 11.6. The predicted molar refractivity (Wildman–Crippen MR) is 68.8 cm³/mol. The molecule has 0 unspecified atom stereocenters. The number of carbonyl (C=O) groups is 1. The molecule has 2 saturated heterocycles. The summed E-state index contributed by atoms with van der Waals surface area (Å²) in [5, 5.41) is 3.04. The molecule has 3 N–H and O–H groups in total. The number of nitrogens with one attached hydrogen (secondary N) is 3. The highest BCUT2D eigenvalue weighted by Gasteiger charge is 2.30. The fraction of sp³-hybridized carbons (Fsp3) is 0.923. The van der Waals surface area contributed by atoms with Crippen molar-refractivity contribution in [3.8, 4) is 0 Å². The van der Waals surface area contributed by atoms with E-state index in [0.29, 0.717) is 6.54 Å². The van der Waals surface area contributed by atoms with E-state index in [0.717, 1.165) is 32.5 Å². The van der Waals surface area contributed by atoms with Gasteiger partial charge in [0.2, 0.25) is 0 Å². The summed E-state index contributed by atoms with van der Waals surface area (Å²) >= 11 is 0. The number of piperazine rings is 1. The molecule has 2 fully saturated rings. The number of ether oxygens (including phenoxy) is 1. The minimum Gasteiger partial charge on any atom is -0.376 e. The van der Waals surface area contributed by atoms with Crippen LogP contribution in [0.15, 0.2) is 0 Å². The first kappa shape index (κ1) is 13.8. The lowest BCUT2D eigenvalue weighted by Crippen LogP contribution is -3.29. The third-order valence-electron chi connectivity index (χ3n) is 4.28. The SMILES string of the molecule is C[C@@H](C(=O)NC[C@H]1CCCO1)[NH+]1CC[NH+](C)CC1. The summed E-state index contributed by atoms with van der Waals surface area (Å²) in [5.74, 6) is 0.181. The molecule has 0 spiro atoms. The molecule has 0 bridgehead atoms. The Hall–Kier alpha value is -0.650. The molecule has 104 valence electrons. The summed E-state index contributed by atoms with van der Waals surface area (Å²) in [5.41, 5.74) is 0. The van der Waals surface area contributed by atoms with Crippen LogP contribution in [0, 0.1) is 0 Å². The molecule has 0 radical (unpaired) electrons. The maximum atomic E-state index is 12.1. The minimum atomic E-state index is 0.0690. The Morgan fingerprint density at radius 2 is 2.11 bits per heavy atom. The maximum Gasteiger partial charge on any atom is 0.278 e. The Balaban J connectivity index is 1.70. The normalized spacial score (nSPS) is 34.2. The van der Waals surface area contributed by atoms with Crippen LogP contribution in [0.2, 0.25) is 0 Å². The van der Waals surface area contributed by atoms with Crippen LogP contribution in [0.4, 0.5) is 0 Å². The molecule has 18 heavy (non-hydrogen) atoms. The quantitative estimate of drug-likeness (QED) is 0.505. The first-order valence-electron chi connectivity index (χ1n) is 7.22. The fourth-order valence-electron chi connectivity index (χ4n) is 2.79. The Kier molecular flexibility index (Phi) is 4.97. The summed E-state index contributed by atoms with van der Waals surface area (Å²) < 4.78 is 5.52. The molecule has 0 saturated carbocycles. The van der Waals surface area contributed by atoms with Gasteiger partial charge >= 0.3 is 0 Å². The maximum absolute atomic E-state index is 12.1. The topological polar surface area (TPSA) is 47.2 Å². The lowest BCUT2D eigenvalue weighted by molar-refractivity contribution is -1.01. The van der Waals surface area contributed by atoms with E-state index in [1.807, 2.05) is 6.92 Å². The summed E-state index contributed by atoms with van der Waals surface area (Å²) in [6.45, 7) is 8.10. The van der Waals surface area contributed by atoms with Gasteiger partial charge in [0, 0.05) is 13.2 Å². The van der Waals surface area contributed by atoms with Gasteiger partial charge in [0.25, 0.3) is 5.91 Å². The average molecular weight is 257 g/mol. The van der Waals surface area contributed by atoms with E-state index in [2.05, 4.69) is 12.4 Å². The van der Waals surface area contributed by atoms with Crippen molar-refractivity contribution in [2.24, 2.45) is 0 Å². The van der Waals surface area contributed by atoms with Gasteiger partial charge in [-0.05, 0) is 19.8 Å². The number of hydrogen-bond donors (Lipinski definition) is 3. The van der Waals surface area contributed by atoms with Crippen LogP contribution in [-0.2, 0) is 9.53 Å². The molecule has 2 rings (SSSR count). The molecule has 5 heteroatoms. The van der Waals surface area contributed by atoms with Crippen molar-refractivity contribution < 1.29 is 19.3 Å². The Morgan fingerprint density at radius 1 is 1.39 bits per heavy atom. The number of carbonyl (C=O) groups excluding carboxylic acids is 1. The van der Waals surface area contributed by atoms with Crippen LogP contribution in [-0.4, -0.2) is 64.4 Å². The second kappa shape index (κ2) is 6.50. The third kappa shape index (κ3) is 3.67. The number of likely N-dealkylation sites (N-methyl/N-ethyl adjacent to an activating group) is 1. The molecule has 2 atom stereocenters. The molecule has 5 nitrogen and oxygen atoms in total. The summed E-state index contributed by atoms with van der Waals surface area (Å²) in [6, 6.07) is 0.0690. The molecule has 0 aromatic carbocycles. The first-order valence-corrected chi connectivity index (χ1v) is 7.22. The highest BCUT2D eigenvalue weighted by Crippen LogP contribution is 2.10. The van der Waals surface area contributed by atoms with Crippen molar-refractivity contribution in [3.63, 3.8) is 0 Å². The molecule has 2 heterocycles. The van der Waals surface area contributed by atoms with Gasteiger partial charge in [0.15, 0.2) is 6.04 Å². The van der Waals surface area contributed by atoms with Crippen LogP contribution in [0.3, 0.4) is 0 Å².